The van der Waals surface area contributed by atoms with Crippen LogP contribution >= 0.6 is 22.9 Å². The van der Waals surface area contributed by atoms with Crippen molar-refractivity contribution in [3.05, 3.63) is 58.2 Å². The average molecular weight is 583 g/mol. The molecular weight excluding hydrogens is 555 g/mol. The van der Waals surface area contributed by atoms with Gasteiger partial charge in [-0.15, -0.1) is 11.3 Å². The zero-order chi connectivity index (χ0) is 27.4. The Morgan fingerprint density at radius 3 is 2.61 bits per heavy atom. The lowest BCUT2D eigenvalue weighted by molar-refractivity contribution is -0.0689. The molecule has 38 heavy (non-hydrogen) atoms. The molecule has 3 N–H and O–H groups in total. The Kier molecular flexibility index (Phi) is 9.27. The Labute approximate surface area is 231 Å². The van der Waals surface area contributed by atoms with Gasteiger partial charge in [0.15, 0.2) is 11.0 Å². The molecule has 0 amide bonds. The Morgan fingerprint density at radius 1 is 1.16 bits per heavy atom. The zero-order valence-electron chi connectivity index (χ0n) is 20.8. The SMILES string of the molecule is CC1CN(CCCOC(=O)c2ccc(NS(=O)c3cc(-c4cc(F)ccc4O)c(Cl)s3)cc2O)CC(C)O1. The fraction of sp³-hybridized carbons (Fsp3) is 0.346. The summed E-state index contributed by atoms with van der Waals surface area (Å²) in [7, 11) is -1.78. The van der Waals surface area contributed by atoms with E-state index in [0.29, 0.717) is 21.9 Å². The minimum Gasteiger partial charge on any atom is -0.507 e. The molecule has 3 unspecified atom stereocenters. The van der Waals surface area contributed by atoms with Gasteiger partial charge in [0.2, 0.25) is 0 Å². The first-order valence-electron chi connectivity index (χ1n) is 11.9. The number of phenols is 2. The molecule has 3 aromatic rings. The lowest BCUT2D eigenvalue weighted by atomic mass is 10.1. The van der Waals surface area contributed by atoms with E-state index in [2.05, 4.69) is 9.62 Å². The number of halogens is 2. The number of aromatic hydroxyl groups is 2. The van der Waals surface area contributed by atoms with Crippen LogP contribution < -0.4 is 4.72 Å². The number of hydrogen-bond donors (Lipinski definition) is 3. The van der Waals surface area contributed by atoms with E-state index in [4.69, 9.17) is 21.1 Å². The number of rotatable bonds is 9. The minimum atomic E-state index is -1.78. The number of hydrogen-bond acceptors (Lipinski definition) is 8. The Balaban J connectivity index is 1.33. The number of anilines is 1. The number of ether oxygens (including phenoxy) is 2. The first kappa shape index (κ1) is 28.3. The number of esters is 1. The maximum Gasteiger partial charge on any atom is 0.341 e. The van der Waals surface area contributed by atoms with E-state index in [9.17, 15) is 23.6 Å². The Hall–Kier alpha value is -2.70. The third kappa shape index (κ3) is 7.03. The van der Waals surface area contributed by atoms with Crippen LogP contribution in [0.4, 0.5) is 10.1 Å². The Morgan fingerprint density at radius 2 is 1.89 bits per heavy atom. The van der Waals surface area contributed by atoms with Crippen LogP contribution in [-0.4, -0.2) is 63.7 Å². The molecule has 0 aliphatic carbocycles. The molecule has 1 aliphatic heterocycles. The van der Waals surface area contributed by atoms with Gasteiger partial charge in [-0.1, -0.05) is 11.6 Å². The number of carbonyl (C=O) groups is 1. The second kappa shape index (κ2) is 12.4. The van der Waals surface area contributed by atoms with Crippen LogP contribution in [0, 0.1) is 5.82 Å². The molecule has 0 radical (unpaired) electrons. The van der Waals surface area contributed by atoms with Crippen LogP contribution in [0.3, 0.4) is 0 Å². The van der Waals surface area contributed by atoms with Gasteiger partial charge < -0.3 is 24.4 Å². The van der Waals surface area contributed by atoms with Crippen molar-refractivity contribution in [2.24, 2.45) is 0 Å². The number of nitrogens with one attached hydrogen (secondary N) is 1. The normalized spacial score (nSPS) is 18.7. The number of carbonyl (C=O) groups excluding carboxylic acids is 1. The molecule has 12 heteroatoms. The molecule has 1 aliphatic rings. The van der Waals surface area contributed by atoms with E-state index in [0.717, 1.165) is 43.1 Å². The number of phenolic OH excluding ortho intramolecular Hbond substituents is 2. The molecule has 3 atom stereocenters. The van der Waals surface area contributed by atoms with Gasteiger partial charge in [0.1, 0.15) is 31.4 Å². The summed E-state index contributed by atoms with van der Waals surface area (Å²) in [5, 5.41) is 20.4. The number of thiophene rings is 1. The summed E-state index contributed by atoms with van der Waals surface area (Å²) < 4.78 is 40.8. The van der Waals surface area contributed by atoms with E-state index in [1.165, 1.54) is 30.3 Å². The highest BCUT2D eigenvalue weighted by Crippen LogP contribution is 2.41. The number of morpholine rings is 1. The summed E-state index contributed by atoms with van der Waals surface area (Å²) in [5.41, 5.74) is 0.826. The summed E-state index contributed by atoms with van der Waals surface area (Å²) in [6, 6.07) is 9.14. The smallest absolute Gasteiger partial charge is 0.341 e. The van der Waals surface area contributed by atoms with Crippen molar-refractivity contribution in [2.75, 3.05) is 31.0 Å². The van der Waals surface area contributed by atoms with E-state index in [-0.39, 0.29) is 45.8 Å². The molecule has 204 valence electrons. The Bertz CT molecular complexity index is 1330. The van der Waals surface area contributed by atoms with Crippen molar-refractivity contribution in [1.29, 1.82) is 0 Å². The van der Waals surface area contributed by atoms with Crippen LogP contribution in [-0.2, 0) is 20.5 Å². The third-order valence-electron chi connectivity index (χ3n) is 5.87. The van der Waals surface area contributed by atoms with Crippen LogP contribution in [0.5, 0.6) is 11.5 Å². The molecule has 4 rings (SSSR count). The maximum absolute atomic E-state index is 13.6. The summed E-state index contributed by atoms with van der Waals surface area (Å²) in [6.45, 7) is 6.72. The summed E-state index contributed by atoms with van der Waals surface area (Å²) in [5.74, 6) is -1.67. The van der Waals surface area contributed by atoms with Crippen LogP contribution in [0.15, 0.2) is 46.7 Å². The highest BCUT2D eigenvalue weighted by Gasteiger charge is 2.22. The van der Waals surface area contributed by atoms with Gasteiger partial charge in [-0.3, -0.25) is 4.90 Å². The first-order chi connectivity index (χ1) is 18.1. The standard InChI is InChI=1S/C26H28ClFN2O6S2/c1-15-13-30(14-16(2)36-15)8-3-9-35-26(33)19-6-5-18(11-23(19)32)29-38(34)24-12-21(25(27)37-24)20-10-17(28)4-7-22(20)31/h4-7,10-12,15-16,29,31-32H,3,8-9,13-14H2,1-2H3. The number of benzene rings is 2. The van der Waals surface area contributed by atoms with E-state index >= 15 is 0 Å². The van der Waals surface area contributed by atoms with Gasteiger partial charge in [-0.05, 0) is 56.7 Å². The molecule has 0 saturated carbocycles. The van der Waals surface area contributed by atoms with E-state index < -0.39 is 22.8 Å². The maximum atomic E-state index is 13.6. The molecule has 1 saturated heterocycles. The molecule has 0 spiro atoms. The van der Waals surface area contributed by atoms with Crippen molar-refractivity contribution in [1.82, 2.24) is 4.90 Å². The molecule has 1 fully saturated rings. The van der Waals surface area contributed by atoms with Crippen molar-refractivity contribution < 1.29 is 33.1 Å². The lowest BCUT2D eigenvalue weighted by Gasteiger charge is -2.35. The quantitative estimate of drug-likeness (QED) is 0.229. The van der Waals surface area contributed by atoms with Crippen molar-refractivity contribution in [2.45, 2.75) is 36.7 Å². The summed E-state index contributed by atoms with van der Waals surface area (Å²) in [6.07, 6.45) is 0.990. The fourth-order valence-corrected chi connectivity index (χ4v) is 6.79. The highest BCUT2D eigenvalue weighted by molar-refractivity contribution is 7.88. The summed E-state index contributed by atoms with van der Waals surface area (Å²) >= 11 is 7.27. The van der Waals surface area contributed by atoms with Crippen molar-refractivity contribution in [3.63, 3.8) is 0 Å². The molecule has 2 heterocycles. The third-order valence-corrected chi connectivity index (χ3v) is 8.63. The minimum absolute atomic E-state index is 0.00187. The predicted octanol–water partition coefficient (Wildman–Crippen LogP) is 5.41. The molecule has 2 aromatic carbocycles. The lowest BCUT2D eigenvalue weighted by Crippen LogP contribution is -2.45. The van der Waals surface area contributed by atoms with E-state index in [1.54, 1.807) is 0 Å². The van der Waals surface area contributed by atoms with Gasteiger partial charge in [-0.25, -0.2) is 13.4 Å². The molecule has 8 nitrogen and oxygen atoms in total. The highest BCUT2D eigenvalue weighted by atomic mass is 35.5. The van der Waals surface area contributed by atoms with Gasteiger partial charge in [0, 0.05) is 36.8 Å². The van der Waals surface area contributed by atoms with E-state index in [1.807, 2.05) is 13.8 Å². The van der Waals surface area contributed by atoms with Crippen molar-refractivity contribution in [3.8, 4) is 22.6 Å². The second-order valence-corrected chi connectivity index (χ2v) is 12.1. The fourth-order valence-electron chi connectivity index (χ4n) is 4.27. The summed E-state index contributed by atoms with van der Waals surface area (Å²) in [4.78, 5) is 14.7. The van der Waals surface area contributed by atoms with Crippen LogP contribution in [0.2, 0.25) is 4.34 Å². The molecule has 1 aromatic heterocycles. The first-order valence-corrected chi connectivity index (χ1v) is 14.3. The molecule has 0 bridgehead atoms. The van der Waals surface area contributed by atoms with Gasteiger partial charge in [0.25, 0.3) is 0 Å². The van der Waals surface area contributed by atoms with Crippen molar-refractivity contribution >= 4 is 45.6 Å². The largest absolute Gasteiger partial charge is 0.507 e. The zero-order valence-corrected chi connectivity index (χ0v) is 23.2. The second-order valence-electron chi connectivity index (χ2n) is 9.02. The van der Waals surface area contributed by atoms with Crippen LogP contribution in [0.25, 0.3) is 11.1 Å². The molecular formula is C26H28ClFN2O6S2. The predicted molar refractivity (Wildman–Crippen MR) is 146 cm³/mol. The monoisotopic (exact) mass is 582 g/mol. The van der Waals surface area contributed by atoms with Gasteiger partial charge >= 0.3 is 5.97 Å². The van der Waals surface area contributed by atoms with Crippen LogP contribution in [0.1, 0.15) is 30.6 Å². The number of nitrogens with zero attached hydrogens (tertiary/aromatic N) is 1. The van der Waals surface area contributed by atoms with Gasteiger partial charge in [0.05, 0.1) is 24.5 Å². The topological polar surface area (TPSA) is 108 Å². The van der Waals surface area contributed by atoms with Gasteiger partial charge in [-0.2, -0.15) is 0 Å². The average Bonchev–Trinajstić information content (AvgIpc) is 3.24.